The van der Waals surface area contributed by atoms with E-state index >= 15 is 0 Å². The first-order chi connectivity index (χ1) is 10.2. The van der Waals surface area contributed by atoms with Gasteiger partial charge < -0.3 is 15.2 Å². The van der Waals surface area contributed by atoms with Crippen LogP contribution in [0, 0.1) is 6.92 Å². The van der Waals surface area contributed by atoms with E-state index in [4.69, 9.17) is 4.74 Å². The van der Waals surface area contributed by atoms with Crippen LogP contribution in [-0.4, -0.2) is 11.7 Å². The third-order valence-electron chi connectivity index (χ3n) is 3.38. The van der Waals surface area contributed by atoms with Crippen LogP contribution in [0.4, 0.5) is 5.69 Å². The van der Waals surface area contributed by atoms with Crippen molar-refractivity contribution >= 4 is 5.69 Å². The molecule has 0 fully saturated rings. The summed E-state index contributed by atoms with van der Waals surface area (Å²) < 4.78 is 5.65. The van der Waals surface area contributed by atoms with Crippen molar-refractivity contribution < 1.29 is 9.84 Å². The summed E-state index contributed by atoms with van der Waals surface area (Å²) in [5.41, 5.74) is 3.27. The van der Waals surface area contributed by atoms with E-state index in [1.807, 2.05) is 25.1 Å². The number of phenols is 1. The molecule has 2 aromatic rings. The second kappa shape index (κ2) is 7.58. The second-order valence-corrected chi connectivity index (χ2v) is 5.20. The number of aromatic hydroxyl groups is 1. The van der Waals surface area contributed by atoms with Gasteiger partial charge in [-0.25, -0.2) is 0 Å². The molecule has 0 atom stereocenters. The van der Waals surface area contributed by atoms with Gasteiger partial charge in [0.1, 0.15) is 11.5 Å². The Morgan fingerprint density at radius 1 is 1.10 bits per heavy atom. The van der Waals surface area contributed by atoms with Crippen molar-refractivity contribution in [3.8, 4) is 11.5 Å². The fourth-order valence-electron chi connectivity index (χ4n) is 2.08. The molecule has 0 aromatic heterocycles. The zero-order chi connectivity index (χ0) is 15.1. The average Bonchev–Trinajstić information content (AvgIpc) is 2.48. The maximum absolute atomic E-state index is 9.40. The zero-order valence-electron chi connectivity index (χ0n) is 12.7. The molecule has 2 aromatic carbocycles. The summed E-state index contributed by atoms with van der Waals surface area (Å²) in [4.78, 5) is 0. The predicted octanol–water partition coefficient (Wildman–Crippen LogP) is 4.49. The van der Waals surface area contributed by atoms with Gasteiger partial charge in [0.15, 0.2) is 0 Å². The average molecular weight is 285 g/mol. The van der Waals surface area contributed by atoms with E-state index in [2.05, 4.69) is 24.4 Å². The molecule has 0 amide bonds. The van der Waals surface area contributed by atoms with E-state index in [0.29, 0.717) is 5.75 Å². The number of nitrogens with one attached hydrogen (secondary N) is 1. The Bertz CT molecular complexity index is 564. The number of anilines is 1. The molecule has 2 rings (SSSR count). The van der Waals surface area contributed by atoms with Crippen molar-refractivity contribution in [2.45, 2.75) is 33.2 Å². The molecule has 0 bridgehead atoms. The van der Waals surface area contributed by atoms with Crippen molar-refractivity contribution in [2.24, 2.45) is 0 Å². The molecule has 3 nitrogen and oxygen atoms in total. The standard InChI is InChI=1S/C18H23NO2/c1-3-4-11-21-17-8-5-15(6-9-17)13-19-18-10-7-16(20)12-14(18)2/h5-10,12,19-20H,3-4,11,13H2,1-2H3. The summed E-state index contributed by atoms with van der Waals surface area (Å²) in [5, 5.41) is 12.8. The largest absolute Gasteiger partial charge is 0.508 e. The maximum atomic E-state index is 9.40. The first-order valence-electron chi connectivity index (χ1n) is 7.44. The first-order valence-corrected chi connectivity index (χ1v) is 7.44. The van der Waals surface area contributed by atoms with Crippen LogP contribution in [0.25, 0.3) is 0 Å². The Hall–Kier alpha value is -2.16. The number of unbranched alkanes of at least 4 members (excludes halogenated alkanes) is 1. The van der Waals surface area contributed by atoms with Crippen LogP contribution in [0.5, 0.6) is 11.5 Å². The van der Waals surface area contributed by atoms with Gasteiger partial charge in [0.25, 0.3) is 0 Å². The van der Waals surface area contributed by atoms with Gasteiger partial charge in [0, 0.05) is 12.2 Å². The molecule has 0 aliphatic carbocycles. The maximum Gasteiger partial charge on any atom is 0.119 e. The molecule has 0 saturated heterocycles. The lowest BCUT2D eigenvalue weighted by Gasteiger charge is -2.11. The zero-order valence-corrected chi connectivity index (χ0v) is 12.7. The summed E-state index contributed by atoms with van der Waals surface area (Å²) >= 11 is 0. The van der Waals surface area contributed by atoms with Gasteiger partial charge in [-0.15, -0.1) is 0 Å². The van der Waals surface area contributed by atoms with Gasteiger partial charge in [0.05, 0.1) is 6.61 Å². The predicted molar refractivity (Wildman–Crippen MR) is 87.0 cm³/mol. The van der Waals surface area contributed by atoms with E-state index in [1.165, 1.54) is 5.56 Å². The Morgan fingerprint density at radius 3 is 2.52 bits per heavy atom. The highest BCUT2D eigenvalue weighted by atomic mass is 16.5. The van der Waals surface area contributed by atoms with E-state index in [0.717, 1.165) is 43.0 Å². The van der Waals surface area contributed by atoms with Gasteiger partial charge in [-0.3, -0.25) is 0 Å². The molecule has 0 saturated carbocycles. The van der Waals surface area contributed by atoms with Gasteiger partial charge in [-0.1, -0.05) is 25.5 Å². The molecule has 2 N–H and O–H groups in total. The van der Waals surface area contributed by atoms with Crippen molar-refractivity contribution in [1.82, 2.24) is 0 Å². The topological polar surface area (TPSA) is 41.5 Å². The Kier molecular flexibility index (Phi) is 5.50. The molecule has 0 aliphatic rings. The number of rotatable bonds is 7. The van der Waals surface area contributed by atoms with Crippen LogP contribution in [-0.2, 0) is 6.54 Å². The quantitative estimate of drug-likeness (QED) is 0.581. The van der Waals surface area contributed by atoms with Crippen molar-refractivity contribution in [2.75, 3.05) is 11.9 Å². The van der Waals surface area contributed by atoms with Crippen molar-refractivity contribution in [3.63, 3.8) is 0 Å². The summed E-state index contributed by atoms with van der Waals surface area (Å²) in [6, 6.07) is 13.5. The minimum absolute atomic E-state index is 0.298. The molecule has 0 unspecified atom stereocenters. The Labute approximate surface area is 126 Å². The molecular weight excluding hydrogens is 262 g/mol. The summed E-state index contributed by atoms with van der Waals surface area (Å²) in [7, 11) is 0. The summed E-state index contributed by atoms with van der Waals surface area (Å²) in [6.45, 7) is 5.66. The molecular formula is C18H23NO2. The molecule has 3 heteroatoms. The first kappa shape index (κ1) is 15.2. The normalized spacial score (nSPS) is 10.4. The molecule has 0 radical (unpaired) electrons. The van der Waals surface area contributed by atoms with Gasteiger partial charge in [-0.05, 0) is 54.8 Å². The van der Waals surface area contributed by atoms with Crippen molar-refractivity contribution in [1.29, 1.82) is 0 Å². The highest BCUT2D eigenvalue weighted by Gasteiger charge is 2.00. The molecule has 0 spiro atoms. The lowest BCUT2D eigenvalue weighted by atomic mass is 10.1. The third-order valence-corrected chi connectivity index (χ3v) is 3.38. The number of aryl methyl sites for hydroxylation is 1. The Balaban J connectivity index is 1.88. The smallest absolute Gasteiger partial charge is 0.119 e. The fourth-order valence-corrected chi connectivity index (χ4v) is 2.08. The Morgan fingerprint density at radius 2 is 1.86 bits per heavy atom. The van der Waals surface area contributed by atoms with Gasteiger partial charge >= 0.3 is 0 Å². The van der Waals surface area contributed by atoms with Crippen LogP contribution in [0.1, 0.15) is 30.9 Å². The van der Waals surface area contributed by atoms with E-state index in [9.17, 15) is 5.11 Å². The van der Waals surface area contributed by atoms with Crippen LogP contribution >= 0.6 is 0 Å². The van der Waals surface area contributed by atoms with Gasteiger partial charge in [-0.2, -0.15) is 0 Å². The second-order valence-electron chi connectivity index (χ2n) is 5.20. The fraction of sp³-hybridized carbons (Fsp3) is 0.333. The van der Waals surface area contributed by atoms with Crippen LogP contribution in [0.3, 0.4) is 0 Å². The number of hydrogen-bond donors (Lipinski definition) is 2. The molecule has 0 heterocycles. The van der Waals surface area contributed by atoms with Crippen LogP contribution in [0.2, 0.25) is 0 Å². The molecule has 112 valence electrons. The molecule has 0 aliphatic heterocycles. The number of ether oxygens (including phenoxy) is 1. The highest BCUT2D eigenvalue weighted by Crippen LogP contribution is 2.21. The van der Waals surface area contributed by atoms with Crippen LogP contribution in [0.15, 0.2) is 42.5 Å². The lowest BCUT2D eigenvalue weighted by Crippen LogP contribution is -2.01. The van der Waals surface area contributed by atoms with Gasteiger partial charge in [0.2, 0.25) is 0 Å². The van der Waals surface area contributed by atoms with Crippen LogP contribution < -0.4 is 10.1 Å². The van der Waals surface area contributed by atoms with E-state index in [1.54, 1.807) is 12.1 Å². The minimum atomic E-state index is 0.298. The summed E-state index contributed by atoms with van der Waals surface area (Å²) in [5.74, 6) is 1.22. The lowest BCUT2D eigenvalue weighted by molar-refractivity contribution is 0.309. The van der Waals surface area contributed by atoms with Crippen molar-refractivity contribution in [3.05, 3.63) is 53.6 Å². The minimum Gasteiger partial charge on any atom is -0.508 e. The number of hydrogen-bond acceptors (Lipinski definition) is 3. The highest BCUT2D eigenvalue weighted by molar-refractivity contribution is 5.53. The molecule has 21 heavy (non-hydrogen) atoms. The number of phenolic OH excluding ortho intramolecular Hbond substituents is 1. The number of benzene rings is 2. The van der Waals surface area contributed by atoms with E-state index in [-0.39, 0.29) is 0 Å². The summed E-state index contributed by atoms with van der Waals surface area (Å²) in [6.07, 6.45) is 2.23. The van der Waals surface area contributed by atoms with E-state index < -0.39 is 0 Å². The monoisotopic (exact) mass is 285 g/mol. The SMILES string of the molecule is CCCCOc1ccc(CNc2ccc(O)cc2C)cc1. The third kappa shape index (κ3) is 4.71.